The maximum Gasteiger partial charge on any atom is 0.311 e. The Balaban J connectivity index is 1.73. The van der Waals surface area contributed by atoms with Crippen LogP contribution in [0.4, 0.5) is 0 Å². The highest BCUT2D eigenvalue weighted by Crippen LogP contribution is 2.73. The molecule has 0 unspecified atom stereocenters. The van der Waals surface area contributed by atoms with Crippen LogP contribution in [0.3, 0.4) is 0 Å². The maximum atomic E-state index is 13.1. The van der Waals surface area contributed by atoms with Gasteiger partial charge in [0.15, 0.2) is 0 Å². The zero-order valence-corrected chi connectivity index (χ0v) is 21.4. The molecule has 1 aromatic carbocycles. The summed E-state index contributed by atoms with van der Waals surface area (Å²) in [6.45, 7) is 9.31. The van der Waals surface area contributed by atoms with Crippen molar-refractivity contribution in [2.24, 2.45) is 28.6 Å². The van der Waals surface area contributed by atoms with E-state index in [-0.39, 0.29) is 16.8 Å². The third-order valence-electron chi connectivity index (χ3n) is 10.3. The van der Waals surface area contributed by atoms with Crippen molar-refractivity contribution >= 4 is 5.97 Å². The first-order chi connectivity index (χ1) is 15.7. The van der Waals surface area contributed by atoms with E-state index in [9.17, 15) is 4.79 Å². The molecule has 4 nitrogen and oxygen atoms in total. The number of hydrogen-bond donors (Lipinski definition) is 0. The first-order valence-corrected chi connectivity index (χ1v) is 12.7. The third-order valence-corrected chi connectivity index (χ3v) is 10.3. The van der Waals surface area contributed by atoms with Crippen molar-refractivity contribution in [3.05, 3.63) is 34.9 Å². The van der Waals surface area contributed by atoms with Gasteiger partial charge in [0.25, 0.3) is 0 Å². The summed E-state index contributed by atoms with van der Waals surface area (Å²) in [5.74, 6) is 3.64. The molecule has 2 bridgehead atoms. The lowest BCUT2D eigenvalue weighted by molar-refractivity contribution is -0.175. The molecular formula is C29H40O4. The molecule has 0 amide bonds. The molecule has 1 aromatic rings. The number of ether oxygens (including phenoxy) is 3. The summed E-state index contributed by atoms with van der Waals surface area (Å²) in [4.78, 5) is 13.1. The lowest BCUT2D eigenvalue weighted by Gasteiger charge is -2.66. The number of allylic oxidation sites excluding steroid dienone is 2. The first-order valence-electron chi connectivity index (χ1n) is 12.7. The number of carbonyl (C=O) groups excluding carboxylic acids is 1. The van der Waals surface area contributed by atoms with Crippen molar-refractivity contribution < 1.29 is 19.0 Å². The van der Waals surface area contributed by atoms with Crippen LogP contribution in [-0.4, -0.2) is 27.3 Å². The predicted molar refractivity (Wildman–Crippen MR) is 130 cm³/mol. The molecule has 2 saturated carbocycles. The normalized spacial score (nSPS) is 38.7. The van der Waals surface area contributed by atoms with Crippen LogP contribution in [0.5, 0.6) is 11.5 Å². The van der Waals surface area contributed by atoms with Crippen LogP contribution in [0.25, 0.3) is 0 Å². The van der Waals surface area contributed by atoms with E-state index >= 15 is 0 Å². The molecule has 0 aliphatic heterocycles. The fraction of sp³-hybridized carbons (Fsp3) is 0.690. The molecule has 2 fully saturated rings. The van der Waals surface area contributed by atoms with Crippen LogP contribution in [0, 0.1) is 28.6 Å². The van der Waals surface area contributed by atoms with Crippen LogP contribution in [0.1, 0.15) is 83.3 Å². The first kappa shape index (κ1) is 22.8. The van der Waals surface area contributed by atoms with E-state index in [1.54, 1.807) is 26.9 Å². The van der Waals surface area contributed by atoms with Gasteiger partial charge in [-0.2, -0.15) is 0 Å². The fourth-order valence-corrected chi connectivity index (χ4v) is 9.00. The van der Waals surface area contributed by atoms with Gasteiger partial charge in [0.2, 0.25) is 0 Å². The molecule has 180 valence electrons. The van der Waals surface area contributed by atoms with Crippen molar-refractivity contribution in [2.75, 3.05) is 21.3 Å². The summed E-state index contributed by atoms with van der Waals surface area (Å²) in [5.41, 5.74) is 3.89. The molecule has 33 heavy (non-hydrogen) atoms. The molecule has 0 heterocycles. The zero-order chi connectivity index (χ0) is 23.8. The second-order valence-electron chi connectivity index (χ2n) is 11.8. The molecule has 4 heteroatoms. The molecule has 5 aliphatic carbocycles. The van der Waals surface area contributed by atoms with Crippen LogP contribution in [-0.2, 0) is 14.9 Å². The SMILES string of the molecule is COC(=O)[C@@]1(C)CCC[C@]2(C)[C@H]3C[C@H]4C(C(C)C)=C[C@]3(CC[C@@H]21)c1c(OC)ccc(OC)c14. The van der Waals surface area contributed by atoms with Gasteiger partial charge in [0, 0.05) is 22.5 Å². The molecule has 0 saturated heterocycles. The number of hydrogen-bond acceptors (Lipinski definition) is 4. The monoisotopic (exact) mass is 452 g/mol. The van der Waals surface area contributed by atoms with Gasteiger partial charge in [-0.25, -0.2) is 0 Å². The lowest BCUT2D eigenvalue weighted by atomic mass is 9.37. The number of benzene rings is 1. The summed E-state index contributed by atoms with van der Waals surface area (Å²) in [7, 11) is 5.14. The van der Waals surface area contributed by atoms with Crippen LogP contribution >= 0.6 is 0 Å². The van der Waals surface area contributed by atoms with Crippen LogP contribution in [0.15, 0.2) is 23.8 Å². The Hall–Kier alpha value is -1.97. The van der Waals surface area contributed by atoms with Gasteiger partial charge in [-0.1, -0.05) is 38.8 Å². The molecule has 0 N–H and O–H groups in total. The number of rotatable bonds is 4. The van der Waals surface area contributed by atoms with Gasteiger partial charge in [0.05, 0.1) is 26.7 Å². The van der Waals surface area contributed by atoms with E-state index in [2.05, 4.69) is 45.9 Å². The summed E-state index contributed by atoms with van der Waals surface area (Å²) in [6.07, 6.45) is 9.05. The fourth-order valence-electron chi connectivity index (χ4n) is 9.00. The van der Waals surface area contributed by atoms with Crippen molar-refractivity contribution in [3.8, 4) is 11.5 Å². The average molecular weight is 453 g/mol. The second kappa shape index (κ2) is 7.52. The summed E-state index contributed by atoms with van der Waals surface area (Å²) in [5, 5.41) is 0. The Kier molecular flexibility index (Phi) is 5.19. The Bertz CT molecular complexity index is 1010. The number of esters is 1. The number of fused-ring (bicyclic) bond motifs is 1. The molecule has 0 radical (unpaired) electrons. The van der Waals surface area contributed by atoms with Gasteiger partial charge in [-0.15, -0.1) is 0 Å². The highest BCUT2D eigenvalue weighted by molar-refractivity contribution is 5.77. The topological polar surface area (TPSA) is 44.8 Å². The standard InChI is InChI=1S/C29H40O4/c1-17(2)19-16-29-14-11-22-27(3,12-8-13-28(22,4)26(30)33-7)23(29)15-18(19)24-20(31-5)9-10-21(32-6)25(24)29/h9-10,16-18,22-23H,8,11-15H2,1-7H3/t18-,22-,23+,27-,28-,29-/m0/s1. The minimum absolute atomic E-state index is 0.0200. The van der Waals surface area contributed by atoms with E-state index < -0.39 is 5.41 Å². The minimum atomic E-state index is -0.397. The largest absolute Gasteiger partial charge is 0.496 e. The maximum absolute atomic E-state index is 13.1. The molecule has 5 aliphatic rings. The second-order valence-corrected chi connectivity index (χ2v) is 11.8. The van der Waals surface area contributed by atoms with Crippen LogP contribution < -0.4 is 9.47 Å². The number of methoxy groups -OCH3 is 3. The molecule has 0 aromatic heterocycles. The summed E-state index contributed by atoms with van der Waals surface area (Å²) >= 11 is 0. The smallest absolute Gasteiger partial charge is 0.311 e. The van der Waals surface area contributed by atoms with E-state index in [0.29, 0.717) is 23.7 Å². The van der Waals surface area contributed by atoms with E-state index in [1.807, 2.05) is 0 Å². The Morgan fingerprint density at radius 3 is 2.33 bits per heavy atom. The molecule has 1 spiro atoms. The quantitative estimate of drug-likeness (QED) is 0.390. The van der Waals surface area contributed by atoms with Crippen molar-refractivity contribution in [2.45, 2.75) is 77.6 Å². The lowest BCUT2D eigenvalue weighted by Crippen LogP contribution is -2.62. The molecular weight excluding hydrogens is 412 g/mol. The minimum Gasteiger partial charge on any atom is -0.496 e. The van der Waals surface area contributed by atoms with Gasteiger partial charge in [0.1, 0.15) is 11.5 Å². The Morgan fingerprint density at radius 2 is 1.70 bits per heavy atom. The number of carbonyl (C=O) groups is 1. The molecule has 6 rings (SSSR count). The highest BCUT2D eigenvalue weighted by atomic mass is 16.5. The average Bonchev–Trinajstić information content (AvgIpc) is 2.82. The van der Waals surface area contributed by atoms with Crippen molar-refractivity contribution in [1.82, 2.24) is 0 Å². The van der Waals surface area contributed by atoms with Gasteiger partial charge < -0.3 is 14.2 Å². The zero-order valence-electron chi connectivity index (χ0n) is 21.4. The Labute approximate surface area is 199 Å². The Morgan fingerprint density at radius 1 is 1.00 bits per heavy atom. The van der Waals surface area contributed by atoms with E-state index in [1.165, 1.54) is 17.5 Å². The highest BCUT2D eigenvalue weighted by Gasteiger charge is 2.66. The van der Waals surface area contributed by atoms with E-state index in [4.69, 9.17) is 14.2 Å². The third kappa shape index (κ3) is 2.79. The molecule has 6 atom stereocenters. The van der Waals surface area contributed by atoms with Crippen LogP contribution in [0.2, 0.25) is 0 Å². The summed E-state index contributed by atoms with van der Waals surface area (Å²) < 4.78 is 17.3. The van der Waals surface area contributed by atoms with E-state index in [0.717, 1.165) is 43.6 Å². The predicted octanol–water partition coefficient (Wildman–Crippen LogP) is 6.42. The summed E-state index contributed by atoms with van der Waals surface area (Å²) in [6, 6.07) is 4.19. The van der Waals surface area contributed by atoms with Gasteiger partial charge >= 0.3 is 5.97 Å². The van der Waals surface area contributed by atoms with Crippen molar-refractivity contribution in [1.29, 1.82) is 0 Å². The van der Waals surface area contributed by atoms with Gasteiger partial charge in [-0.3, -0.25) is 4.79 Å². The van der Waals surface area contributed by atoms with Gasteiger partial charge in [-0.05, 0) is 74.3 Å². The van der Waals surface area contributed by atoms with Crippen molar-refractivity contribution in [3.63, 3.8) is 0 Å².